The second-order valence-electron chi connectivity index (χ2n) is 9.36. The molecule has 0 aromatic heterocycles. The molecule has 40 heavy (non-hydrogen) atoms. The van der Waals surface area contributed by atoms with Crippen LogP contribution in [0.3, 0.4) is 0 Å². The molecule has 5 rings (SSSR count). The van der Waals surface area contributed by atoms with Crippen molar-refractivity contribution in [1.82, 2.24) is 0 Å². The highest BCUT2D eigenvalue weighted by Crippen LogP contribution is 2.35. The highest BCUT2D eigenvalue weighted by atomic mass is 16.1. The Morgan fingerprint density at radius 1 is 0.500 bits per heavy atom. The Morgan fingerprint density at radius 3 is 1.25 bits per heavy atom. The van der Waals surface area contributed by atoms with Crippen LogP contribution < -0.4 is 9.91 Å². The normalized spacial score (nSPS) is 10.8. The fraction of sp³-hybridized carbons (Fsp3) is 0.0571. The minimum atomic E-state index is 0.0209. The summed E-state index contributed by atoms with van der Waals surface area (Å²) in [7, 11) is 0. The van der Waals surface area contributed by atoms with Gasteiger partial charge >= 0.3 is 0 Å². The topological polar surface area (TPSA) is 53.0 Å². The van der Waals surface area contributed by atoms with Crippen molar-refractivity contribution < 1.29 is 9.59 Å². The summed E-state index contributed by atoms with van der Waals surface area (Å²) < 4.78 is 0. The molecule has 0 bridgehead atoms. The monoisotopic (exact) mass is 523 g/mol. The van der Waals surface area contributed by atoms with Crippen molar-refractivity contribution in [1.29, 1.82) is 0 Å². The van der Waals surface area contributed by atoms with E-state index < -0.39 is 0 Å². The van der Waals surface area contributed by atoms with Crippen LogP contribution in [0.15, 0.2) is 139 Å². The standard InChI is InChI=1S/C35H29N3O2/c1-26(39)29-15-21-32(22-16-29)37(33-23-17-30(18-24-33)27(2)40)31-19-13-28(14-20-31)25-36-38(34-9-5-3-6-10-34)35-11-7-4-8-12-35/h3-25H,1-2H3. The number of rotatable bonds is 9. The van der Waals surface area contributed by atoms with Crippen LogP contribution >= 0.6 is 0 Å². The fourth-order valence-electron chi connectivity index (χ4n) is 4.39. The third-order valence-corrected chi connectivity index (χ3v) is 6.54. The summed E-state index contributed by atoms with van der Waals surface area (Å²) in [5.74, 6) is 0.0419. The van der Waals surface area contributed by atoms with E-state index in [0.29, 0.717) is 11.1 Å². The molecular weight excluding hydrogens is 494 g/mol. The highest BCUT2D eigenvalue weighted by molar-refractivity contribution is 5.96. The lowest BCUT2D eigenvalue weighted by molar-refractivity contribution is 0.100. The lowest BCUT2D eigenvalue weighted by atomic mass is 10.1. The number of para-hydroxylation sites is 2. The molecular formula is C35H29N3O2. The van der Waals surface area contributed by atoms with Gasteiger partial charge in [-0.05, 0) is 104 Å². The molecule has 5 nitrogen and oxygen atoms in total. The van der Waals surface area contributed by atoms with Crippen LogP contribution in [0.25, 0.3) is 0 Å². The smallest absolute Gasteiger partial charge is 0.159 e. The van der Waals surface area contributed by atoms with E-state index in [1.54, 1.807) is 13.8 Å². The molecule has 5 heteroatoms. The van der Waals surface area contributed by atoms with E-state index in [1.165, 1.54) is 0 Å². The van der Waals surface area contributed by atoms with E-state index in [-0.39, 0.29) is 11.6 Å². The van der Waals surface area contributed by atoms with Crippen molar-refractivity contribution in [3.8, 4) is 0 Å². The van der Waals surface area contributed by atoms with Gasteiger partial charge in [0.05, 0.1) is 17.6 Å². The summed E-state index contributed by atoms with van der Waals surface area (Å²) in [5, 5.41) is 6.72. The second-order valence-corrected chi connectivity index (χ2v) is 9.36. The number of nitrogens with zero attached hydrogens (tertiary/aromatic N) is 3. The second kappa shape index (κ2) is 12.0. The molecule has 0 aliphatic rings. The van der Waals surface area contributed by atoms with E-state index in [0.717, 1.165) is 34.0 Å². The van der Waals surface area contributed by atoms with Crippen LogP contribution in [0.5, 0.6) is 0 Å². The first-order valence-electron chi connectivity index (χ1n) is 13.1. The number of anilines is 5. The minimum absolute atomic E-state index is 0.0209. The first-order valence-corrected chi connectivity index (χ1v) is 13.1. The molecule has 0 saturated carbocycles. The molecule has 0 aliphatic heterocycles. The number of carbonyl (C=O) groups is 2. The van der Waals surface area contributed by atoms with Crippen molar-refractivity contribution in [2.75, 3.05) is 9.91 Å². The summed E-state index contributed by atoms with van der Waals surface area (Å²) in [6.07, 6.45) is 1.84. The van der Waals surface area contributed by atoms with Crippen LogP contribution in [-0.2, 0) is 0 Å². The average Bonchev–Trinajstić information content (AvgIpc) is 3.00. The van der Waals surface area contributed by atoms with E-state index in [1.807, 2.05) is 145 Å². The summed E-state index contributed by atoms with van der Waals surface area (Å²) in [6, 6.07) is 43.2. The van der Waals surface area contributed by atoms with E-state index >= 15 is 0 Å². The van der Waals surface area contributed by atoms with Crippen molar-refractivity contribution in [3.05, 3.63) is 150 Å². The van der Waals surface area contributed by atoms with E-state index in [2.05, 4.69) is 4.90 Å². The summed E-state index contributed by atoms with van der Waals surface area (Å²) in [4.78, 5) is 25.8. The molecule has 0 spiro atoms. The van der Waals surface area contributed by atoms with Gasteiger partial charge in [0.15, 0.2) is 11.6 Å². The van der Waals surface area contributed by atoms with Crippen molar-refractivity contribution >= 4 is 46.2 Å². The molecule has 0 fully saturated rings. The third kappa shape index (κ3) is 6.05. The molecule has 0 N–H and O–H groups in total. The van der Waals surface area contributed by atoms with Gasteiger partial charge in [-0.3, -0.25) is 9.59 Å². The number of benzene rings is 5. The first kappa shape index (κ1) is 26.3. The SMILES string of the molecule is CC(=O)c1ccc(N(c2ccc(C=NN(c3ccccc3)c3ccccc3)cc2)c2ccc(C(C)=O)cc2)cc1. The Morgan fingerprint density at radius 2 is 0.875 bits per heavy atom. The molecule has 0 radical (unpaired) electrons. The quantitative estimate of drug-likeness (QED) is 0.110. The predicted octanol–water partition coefficient (Wildman–Crippen LogP) is 8.73. The summed E-state index contributed by atoms with van der Waals surface area (Å²) in [6.45, 7) is 3.12. The fourth-order valence-corrected chi connectivity index (χ4v) is 4.39. The third-order valence-electron chi connectivity index (χ3n) is 6.54. The average molecular weight is 524 g/mol. The zero-order chi connectivity index (χ0) is 27.9. The van der Waals surface area contributed by atoms with E-state index in [9.17, 15) is 9.59 Å². The van der Waals surface area contributed by atoms with Crippen molar-refractivity contribution in [2.45, 2.75) is 13.8 Å². The molecule has 5 aromatic carbocycles. The lowest BCUT2D eigenvalue weighted by Crippen LogP contribution is -2.11. The highest BCUT2D eigenvalue weighted by Gasteiger charge is 2.14. The zero-order valence-electron chi connectivity index (χ0n) is 22.4. The van der Waals surface area contributed by atoms with Crippen LogP contribution in [-0.4, -0.2) is 17.8 Å². The van der Waals surface area contributed by atoms with Gasteiger partial charge in [0, 0.05) is 28.2 Å². The Labute approximate surface area is 234 Å². The zero-order valence-corrected chi connectivity index (χ0v) is 22.4. The number of hydrazone groups is 1. The van der Waals surface area contributed by atoms with Crippen LogP contribution in [0.2, 0.25) is 0 Å². The Balaban J connectivity index is 1.47. The number of hydrogen-bond acceptors (Lipinski definition) is 5. The molecule has 0 unspecified atom stereocenters. The van der Waals surface area contributed by atoms with Crippen LogP contribution in [0, 0.1) is 0 Å². The molecule has 5 aromatic rings. The van der Waals surface area contributed by atoms with Gasteiger partial charge in [-0.25, -0.2) is 5.01 Å². The largest absolute Gasteiger partial charge is 0.311 e. The Bertz CT molecular complexity index is 1510. The Hall–Kier alpha value is -5.29. The van der Waals surface area contributed by atoms with Gasteiger partial charge in [-0.15, -0.1) is 0 Å². The molecule has 0 heterocycles. The van der Waals surface area contributed by atoms with E-state index in [4.69, 9.17) is 5.10 Å². The number of ketones is 2. The van der Waals surface area contributed by atoms with Gasteiger partial charge in [0.2, 0.25) is 0 Å². The van der Waals surface area contributed by atoms with Crippen molar-refractivity contribution in [3.63, 3.8) is 0 Å². The molecule has 0 amide bonds. The maximum Gasteiger partial charge on any atom is 0.159 e. The Kier molecular flexibility index (Phi) is 7.93. The maximum atomic E-state index is 11.8. The number of carbonyl (C=O) groups excluding carboxylic acids is 2. The predicted molar refractivity (Wildman–Crippen MR) is 164 cm³/mol. The van der Waals surface area contributed by atoms with Crippen LogP contribution in [0.1, 0.15) is 40.1 Å². The summed E-state index contributed by atoms with van der Waals surface area (Å²) >= 11 is 0. The molecule has 196 valence electrons. The van der Waals surface area contributed by atoms with Crippen LogP contribution in [0.4, 0.5) is 28.4 Å². The molecule has 0 atom stereocenters. The molecule has 0 saturated heterocycles. The number of Topliss-reactive ketones (excluding diaryl/α,β-unsaturated/α-hetero) is 2. The number of hydrogen-bond donors (Lipinski definition) is 0. The van der Waals surface area contributed by atoms with Gasteiger partial charge in [0.25, 0.3) is 0 Å². The maximum absolute atomic E-state index is 11.8. The van der Waals surface area contributed by atoms with Crippen molar-refractivity contribution in [2.24, 2.45) is 5.10 Å². The van der Waals surface area contributed by atoms with Gasteiger partial charge in [-0.1, -0.05) is 48.5 Å². The van der Waals surface area contributed by atoms with Gasteiger partial charge < -0.3 is 4.90 Å². The van der Waals surface area contributed by atoms with Gasteiger partial charge in [-0.2, -0.15) is 5.10 Å². The summed E-state index contributed by atoms with van der Waals surface area (Å²) in [5.41, 5.74) is 6.94. The van der Waals surface area contributed by atoms with Gasteiger partial charge in [0.1, 0.15) is 0 Å². The molecule has 0 aliphatic carbocycles. The minimum Gasteiger partial charge on any atom is -0.311 e. The lowest BCUT2D eigenvalue weighted by Gasteiger charge is -2.26. The first-order chi connectivity index (χ1) is 19.5.